The number of imidazole rings is 1. The molecule has 0 amide bonds. The molecule has 3 atom stereocenters. The van der Waals surface area contributed by atoms with E-state index in [0.717, 1.165) is 11.1 Å². The van der Waals surface area contributed by atoms with Gasteiger partial charge in [0, 0.05) is 17.5 Å². The first-order valence-electron chi connectivity index (χ1n) is 10.1. The molecule has 2 N–H and O–H groups in total. The Hall–Kier alpha value is -3.81. The predicted octanol–water partition coefficient (Wildman–Crippen LogP) is 4.17. The zero-order valence-electron chi connectivity index (χ0n) is 16.7. The van der Waals surface area contributed by atoms with Gasteiger partial charge in [-0.05, 0) is 30.2 Å². The number of H-pyrrole nitrogens is 1. The average Bonchev–Trinajstić information content (AvgIpc) is 3.24. The van der Waals surface area contributed by atoms with E-state index in [2.05, 4.69) is 25.3 Å². The number of nitrogens with zero attached hydrogens (tertiary/aromatic N) is 3. The zero-order chi connectivity index (χ0) is 21.4. The Morgan fingerprint density at radius 3 is 2.90 bits per heavy atom. The maximum absolute atomic E-state index is 14.0. The van der Waals surface area contributed by atoms with Gasteiger partial charge in [-0.2, -0.15) is 4.98 Å². The topological polar surface area (TPSA) is 92.8 Å². The quantitative estimate of drug-likeness (QED) is 0.374. The maximum atomic E-state index is 14.0. The van der Waals surface area contributed by atoms with Crippen molar-refractivity contribution >= 4 is 23.1 Å². The molecule has 8 heteroatoms. The van der Waals surface area contributed by atoms with Gasteiger partial charge in [0.2, 0.25) is 5.95 Å². The summed E-state index contributed by atoms with van der Waals surface area (Å²) in [7, 11) is 0. The third kappa shape index (κ3) is 3.50. The van der Waals surface area contributed by atoms with Crippen molar-refractivity contribution in [1.29, 1.82) is 0 Å². The number of aromatic nitrogens is 4. The normalized spacial score (nSPS) is 19.0. The summed E-state index contributed by atoms with van der Waals surface area (Å²) in [4.78, 5) is 29.1. The molecule has 0 radical (unpaired) electrons. The molecule has 2 unspecified atom stereocenters. The molecule has 5 rings (SSSR count). The number of carbonyl (C=O) groups excluding carboxylic acids is 1. The number of benzene rings is 2. The van der Waals surface area contributed by atoms with Crippen LogP contribution in [0.4, 0.5) is 10.3 Å². The van der Waals surface area contributed by atoms with Gasteiger partial charge >= 0.3 is 5.97 Å². The van der Waals surface area contributed by atoms with Crippen molar-refractivity contribution in [2.24, 2.45) is 0 Å². The molecule has 0 aliphatic carbocycles. The lowest BCUT2D eigenvalue weighted by molar-refractivity contribution is -0.138. The minimum Gasteiger partial charge on any atom is -0.426 e. The van der Waals surface area contributed by atoms with Crippen molar-refractivity contribution in [2.45, 2.75) is 31.2 Å². The Balaban J connectivity index is 1.59. The van der Waals surface area contributed by atoms with Crippen molar-refractivity contribution in [3.8, 4) is 5.75 Å². The van der Waals surface area contributed by atoms with E-state index in [4.69, 9.17) is 4.74 Å². The van der Waals surface area contributed by atoms with Gasteiger partial charge in [-0.25, -0.2) is 14.4 Å². The molecule has 156 valence electrons. The SMILES string of the molecule is CCC(Nc1ncc2[nH]cnc2n1)C1c2ccccc2OC(=O)[C@@H]1c1cccc(F)c1. The summed E-state index contributed by atoms with van der Waals surface area (Å²) in [5.41, 5.74) is 2.75. The molecule has 1 aliphatic rings. The molecule has 1 aliphatic heterocycles. The van der Waals surface area contributed by atoms with Gasteiger partial charge in [0.15, 0.2) is 5.65 Å². The number of para-hydroxylation sites is 1. The number of hydrogen-bond donors (Lipinski definition) is 2. The Kier molecular flexibility index (Phi) is 4.82. The van der Waals surface area contributed by atoms with Crippen LogP contribution in [-0.4, -0.2) is 31.9 Å². The number of hydrogen-bond acceptors (Lipinski definition) is 6. The smallest absolute Gasteiger partial charge is 0.319 e. The van der Waals surface area contributed by atoms with E-state index in [1.54, 1.807) is 30.7 Å². The number of halogens is 1. The number of fused-ring (bicyclic) bond motifs is 2. The molecular weight excluding hydrogens is 397 g/mol. The highest BCUT2D eigenvalue weighted by atomic mass is 19.1. The highest BCUT2D eigenvalue weighted by molar-refractivity contribution is 5.84. The summed E-state index contributed by atoms with van der Waals surface area (Å²) in [5, 5.41) is 3.38. The summed E-state index contributed by atoms with van der Waals surface area (Å²) in [5.74, 6) is -0.829. The van der Waals surface area contributed by atoms with Crippen LogP contribution in [0.15, 0.2) is 61.1 Å². The van der Waals surface area contributed by atoms with E-state index in [9.17, 15) is 9.18 Å². The first kappa shape index (κ1) is 19.2. The van der Waals surface area contributed by atoms with Gasteiger partial charge in [-0.3, -0.25) is 4.79 Å². The van der Waals surface area contributed by atoms with Gasteiger partial charge in [-0.15, -0.1) is 0 Å². The fourth-order valence-corrected chi connectivity index (χ4v) is 4.26. The van der Waals surface area contributed by atoms with Crippen LogP contribution in [0.1, 0.15) is 36.3 Å². The van der Waals surface area contributed by atoms with E-state index in [-0.39, 0.29) is 12.0 Å². The van der Waals surface area contributed by atoms with Gasteiger partial charge in [0.25, 0.3) is 0 Å². The van der Waals surface area contributed by atoms with E-state index >= 15 is 0 Å². The van der Waals surface area contributed by atoms with Crippen LogP contribution in [0, 0.1) is 5.82 Å². The van der Waals surface area contributed by atoms with Gasteiger partial charge < -0.3 is 15.0 Å². The summed E-state index contributed by atoms with van der Waals surface area (Å²) < 4.78 is 19.6. The Morgan fingerprint density at radius 1 is 1.19 bits per heavy atom. The van der Waals surface area contributed by atoms with E-state index in [0.29, 0.717) is 29.3 Å². The molecule has 4 aromatic rings. The summed E-state index contributed by atoms with van der Waals surface area (Å²) in [6, 6.07) is 13.4. The molecule has 31 heavy (non-hydrogen) atoms. The monoisotopic (exact) mass is 417 g/mol. The van der Waals surface area contributed by atoms with Crippen LogP contribution in [0.2, 0.25) is 0 Å². The maximum Gasteiger partial charge on any atom is 0.319 e. The lowest BCUT2D eigenvalue weighted by atomic mass is 9.74. The van der Waals surface area contributed by atoms with Crippen LogP contribution in [0.3, 0.4) is 0 Å². The van der Waals surface area contributed by atoms with Crippen LogP contribution in [0.5, 0.6) is 5.75 Å². The van der Waals surface area contributed by atoms with Gasteiger partial charge in [0.1, 0.15) is 17.1 Å². The lowest BCUT2D eigenvalue weighted by Gasteiger charge is -2.37. The molecule has 2 aromatic heterocycles. The molecular formula is C23H20FN5O2. The van der Waals surface area contributed by atoms with Crippen LogP contribution in [0.25, 0.3) is 11.2 Å². The van der Waals surface area contributed by atoms with Crippen molar-refractivity contribution in [1.82, 2.24) is 19.9 Å². The van der Waals surface area contributed by atoms with Crippen LogP contribution in [-0.2, 0) is 4.79 Å². The molecule has 2 aromatic carbocycles. The number of nitrogens with one attached hydrogen (secondary N) is 2. The van der Waals surface area contributed by atoms with Crippen molar-refractivity contribution in [2.75, 3.05) is 5.32 Å². The average molecular weight is 417 g/mol. The van der Waals surface area contributed by atoms with Crippen molar-refractivity contribution in [3.63, 3.8) is 0 Å². The van der Waals surface area contributed by atoms with E-state index in [1.807, 2.05) is 25.1 Å². The van der Waals surface area contributed by atoms with E-state index in [1.165, 1.54) is 12.1 Å². The molecule has 0 bridgehead atoms. The second-order valence-electron chi connectivity index (χ2n) is 7.51. The molecule has 0 saturated carbocycles. The fraction of sp³-hybridized carbons (Fsp3) is 0.217. The lowest BCUT2D eigenvalue weighted by Crippen LogP contribution is -2.39. The minimum atomic E-state index is -0.669. The van der Waals surface area contributed by atoms with E-state index < -0.39 is 17.7 Å². The Morgan fingerprint density at radius 2 is 2.06 bits per heavy atom. The number of esters is 1. The molecule has 0 spiro atoms. The first-order chi connectivity index (χ1) is 15.1. The van der Waals surface area contributed by atoms with Crippen LogP contribution >= 0.6 is 0 Å². The molecule has 3 heterocycles. The second kappa shape index (κ2) is 7.79. The third-order valence-electron chi connectivity index (χ3n) is 5.67. The largest absolute Gasteiger partial charge is 0.426 e. The number of aromatic amines is 1. The summed E-state index contributed by atoms with van der Waals surface area (Å²) in [6.45, 7) is 2.02. The Bertz CT molecular complexity index is 1260. The number of rotatable bonds is 5. The summed E-state index contributed by atoms with van der Waals surface area (Å²) in [6.07, 6.45) is 3.91. The zero-order valence-corrected chi connectivity index (χ0v) is 16.7. The third-order valence-corrected chi connectivity index (χ3v) is 5.67. The van der Waals surface area contributed by atoms with Crippen molar-refractivity contribution < 1.29 is 13.9 Å². The van der Waals surface area contributed by atoms with Gasteiger partial charge in [-0.1, -0.05) is 37.3 Å². The minimum absolute atomic E-state index is 0.210. The highest BCUT2D eigenvalue weighted by Gasteiger charge is 2.42. The number of anilines is 1. The van der Waals surface area contributed by atoms with Crippen LogP contribution < -0.4 is 10.1 Å². The highest BCUT2D eigenvalue weighted by Crippen LogP contribution is 2.46. The number of ether oxygens (including phenoxy) is 1. The first-order valence-corrected chi connectivity index (χ1v) is 10.1. The predicted molar refractivity (Wildman–Crippen MR) is 113 cm³/mol. The molecule has 0 saturated heterocycles. The molecule has 0 fully saturated rings. The van der Waals surface area contributed by atoms with Gasteiger partial charge in [0.05, 0.1) is 18.4 Å². The fourth-order valence-electron chi connectivity index (χ4n) is 4.26. The van der Waals surface area contributed by atoms with Crippen molar-refractivity contribution in [3.05, 3.63) is 78.0 Å². The number of carbonyl (C=O) groups is 1. The standard InChI is InChI=1S/C23H20FN5O2/c1-2-16(28-23-25-11-17-21(29-23)27-12-26-17)20-15-8-3-4-9-18(15)31-22(30)19(20)13-6-5-7-14(24)10-13/h3-12,16,19-20H,2H2,1H3,(H2,25,26,27,28,29)/t16?,19-,20?/m1/s1. The second-order valence-corrected chi connectivity index (χ2v) is 7.51. The summed E-state index contributed by atoms with van der Waals surface area (Å²) >= 11 is 0. The Labute approximate surface area is 177 Å². The molecule has 7 nitrogen and oxygen atoms in total.